The van der Waals surface area contributed by atoms with Crippen LogP contribution in [0, 0.1) is 11.3 Å². The molecule has 2 N–H and O–H groups in total. The fourth-order valence-electron chi connectivity index (χ4n) is 2.80. The van der Waals surface area contributed by atoms with Crippen LogP contribution in [0.25, 0.3) is 0 Å². The number of hydrogen-bond donors (Lipinski definition) is 2. The Balaban J connectivity index is 1.95. The zero-order valence-electron chi connectivity index (χ0n) is 11.9. The van der Waals surface area contributed by atoms with Gasteiger partial charge < -0.3 is 10.6 Å². The van der Waals surface area contributed by atoms with E-state index in [9.17, 15) is 4.79 Å². The van der Waals surface area contributed by atoms with Crippen molar-refractivity contribution >= 4 is 5.91 Å². The first-order valence-corrected chi connectivity index (χ1v) is 7.22. The highest BCUT2D eigenvalue weighted by Gasteiger charge is 2.39. The summed E-state index contributed by atoms with van der Waals surface area (Å²) in [5, 5.41) is 15.1. The lowest BCUT2D eigenvalue weighted by Gasteiger charge is -2.27. The maximum Gasteiger partial charge on any atom is 0.240 e. The monoisotopic (exact) mass is 271 g/mol. The minimum Gasteiger partial charge on any atom is -0.350 e. The molecule has 1 saturated heterocycles. The molecule has 1 aromatic carbocycles. The molecule has 1 amide bonds. The smallest absolute Gasteiger partial charge is 0.240 e. The molecule has 0 saturated carbocycles. The van der Waals surface area contributed by atoms with Crippen molar-refractivity contribution in [3.05, 3.63) is 35.4 Å². The molecule has 0 aliphatic carbocycles. The van der Waals surface area contributed by atoms with Gasteiger partial charge in [-0.2, -0.15) is 5.26 Å². The zero-order valence-corrected chi connectivity index (χ0v) is 11.9. The van der Waals surface area contributed by atoms with Crippen LogP contribution in [0.15, 0.2) is 24.3 Å². The number of carbonyl (C=O) groups is 1. The van der Waals surface area contributed by atoms with Gasteiger partial charge in [-0.3, -0.25) is 4.79 Å². The Morgan fingerprint density at radius 2 is 2.20 bits per heavy atom. The minimum atomic E-state index is -0.374. The van der Waals surface area contributed by atoms with Crippen molar-refractivity contribution in [2.45, 2.75) is 44.7 Å². The van der Waals surface area contributed by atoms with Crippen LogP contribution >= 0.6 is 0 Å². The van der Waals surface area contributed by atoms with E-state index in [0.29, 0.717) is 12.1 Å². The molecule has 0 spiro atoms. The van der Waals surface area contributed by atoms with Gasteiger partial charge in [0, 0.05) is 6.54 Å². The quantitative estimate of drug-likeness (QED) is 0.862. The Morgan fingerprint density at radius 3 is 2.75 bits per heavy atom. The van der Waals surface area contributed by atoms with Crippen LogP contribution in [0.5, 0.6) is 0 Å². The van der Waals surface area contributed by atoms with Gasteiger partial charge in [0.15, 0.2) is 0 Å². The SMILES string of the molecule is CCCC1(C(=O)NCc2ccc(C#N)cc2)CCCN1. The van der Waals surface area contributed by atoms with Crippen LogP contribution < -0.4 is 10.6 Å². The molecule has 1 unspecified atom stereocenters. The van der Waals surface area contributed by atoms with Crippen molar-refractivity contribution in [3.63, 3.8) is 0 Å². The number of nitrogens with zero attached hydrogens (tertiary/aromatic N) is 1. The number of benzene rings is 1. The van der Waals surface area contributed by atoms with Gasteiger partial charge >= 0.3 is 0 Å². The summed E-state index contributed by atoms with van der Waals surface area (Å²) in [5.41, 5.74) is 1.28. The first-order valence-electron chi connectivity index (χ1n) is 7.22. The lowest BCUT2D eigenvalue weighted by Crippen LogP contribution is -2.53. The predicted molar refractivity (Wildman–Crippen MR) is 77.9 cm³/mol. The summed E-state index contributed by atoms with van der Waals surface area (Å²) >= 11 is 0. The molecule has 1 fully saturated rings. The maximum absolute atomic E-state index is 12.4. The highest BCUT2D eigenvalue weighted by Crippen LogP contribution is 2.25. The third-order valence-electron chi connectivity index (χ3n) is 3.89. The standard InChI is InChI=1S/C16H21N3O/c1-2-8-16(9-3-10-19-16)15(20)18-12-14-6-4-13(11-17)5-7-14/h4-7,19H,2-3,8-10,12H2,1H3,(H,18,20). The summed E-state index contributed by atoms with van der Waals surface area (Å²) < 4.78 is 0. The van der Waals surface area contributed by atoms with Gasteiger partial charge in [0.05, 0.1) is 17.2 Å². The molecule has 1 aliphatic rings. The summed E-state index contributed by atoms with van der Waals surface area (Å²) in [6.45, 7) is 3.54. The van der Waals surface area contributed by atoms with E-state index in [1.807, 2.05) is 12.1 Å². The fraction of sp³-hybridized carbons (Fsp3) is 0.500. The Morgan fingerprint density at radius 1 is 1.45 bits per heavy atom. The van der Waals surface area contributed by atoms with Crippen molar-refractivity contribution in [1.82, 2.24) is 10.6 Å². The number of nitriles is 1. The van der Waals surface area contributed by atoms with Crippen LogP contribution in [0.2, 0.25) is 0 Å². The lowest BCUT2D eigenvalue weighted by atomic mass is 9.91. The van der Waals surface area contributed by atoms with E-state index in [0.717, 1.165) is 37.8 Å². The van der Waals surface area contributed by atoms with Crippen molar-refractivity contribution < 1.29 is 4.79 Å². The maximum atomic E-state index is 12.4. The van der Waals surface area contributed by atoms with Gasteiger partial charge in [-0.25, -0.2) is 0 Å². The van der Waals surface area contributed by atoms with Crippen LogP contribution in [-0.4, -0.2) is 18.0 Å². The Labute approximate surface area is 120 Å². The Kier molecular flexibility index (Phi) is 4.75. The second-order valence-corrected chi connectivity index (χ2v) is 5.35. The fourth-order valence-corrected chi connectivity index (χ4v) is 2.80. The third kappa shape index (κ3) is 3.17. The average molecular weight is 271 g/mol. The van der Waals surface area contributed by atoms with Crippen molar-refractivity contribution in [1.29, 1.82) is 5.26 Å². The van der Waals surface area contributed by atoms with Crippen molar-refractivity contribution in [3.8, 4) is 6.07 Å². The van der Waals surface area contributed by atoms with Crippen LogP contribution in [0.3, 0.4) is 0 Å². The highest BCUT2D eigenvalue weighted by atomic mass is 16.2. The largest absolute Gasteiger partial charge is 0.350 e. The second-order valence-electron chi connectivity index (χ2n) is 5.35. The minimum absolute atomic E-state index is 0.0983. The molecule has 1 aromatic rings. The molecule has 1 atom stereocenters. The molecule has 4 nitrogen and oxygen atoms in total. The lowest BCUT2D eigenvalue weighted by molar-refractivity contribution is -0.127. The molecule has 0 radical (unpaired) electrons. The molecule has 106 valence electrons. The van der Waals surface area contributed by atoms with E-state index < -0.39 is 0 Å². The highest BCUT2D eigenvalue weighted by molar-refractivity contribution is 5.86. The van der Waals surface area contributed by atoms with Gasteiger partial charge in [0.25, 0.3) is 0 Å². The normalized spacial score (nSPS) is 21.4. The number of carbonyl (C=O) groups excluding carboxylic acids is 1. The van der Waals surface area contributed by atoms with Gasteiger partial charge in [0.1, 0.15) is 0 Å². The van der Waals surface area contributed by atoms with Gasteiger partial charge in [-0.1, -0.05) is 25.5 Å². The predicted octanol–water partition coefficient (Wildman–Crippen LogP) is 2.10. The first kappa shape index (κ1) is 14.5. The second kappa shape index (κ2) is 6.53. The molecule has 1 heterocycles. The van der Waals surface area contributed by atoms with Crippen LogP contribution in [-0.2, 0) is 11.3 Å². The van der Waals surface area contributed by atoms with Crippen LogP contribution in [0.4, 0.5) is 0 Å². The van der Waals surface area contributed by atoms with E-state index in [1.165, 1.54) is 0 Å². The summed E-state index contributed by atoms with van der Waals surface area (Å²) in [6.07, 6.45) is 3.85. The number of rotatable bonds is 5. The summed E-state index contributed by atoms with van der Waals surface area (Å²) in [7, 11) is 0. The van der Waals surface area contributed by atoms with E-state index in [1.54, 1.807) is 12.1 Å². The van der Waals surface area contributed by atoms with Crippen molar-refractivity contribution in [2.75, 3.05) is 6.54 Å². The summed E-state index contributed by atoms with van der Waals surface area (Å²) in [5.74, 6) is 0.0983. The molecule has 2 rings (SSSR count). The third-order valence-corrected chi connectivity index (χ3v) is 3.89. The molecule has 20 heavy (non-hydrogen) atoms. The van der Waals surface area contributed by atoms with Crippen molar-refractivity contribution in [2.24, 2.45) is 0 Å². The van der Waals surface area contributed by atoms with E-state index >= 15 is 0 Å². The molecular formula is C16H21N3O. The van der Waals surface area contributed by atoms with E-state index in [-0.39, 0.29) is 11.4 Å². The molecule has 1 aliphatic heterocycles. The summed E-state index contributed by atoms with van der Waals surface area (Å²) in [4.78, 5) is 12.4. The average Bonchev–Trinajstić information content (AvgIpc) is 2.95. The first-order chi connectivity index (χ1) is 9.70. The van der Waals surface area contributed by atoms with Gasteiger partial charge in [0.2, 0.25) is 5.91 Å². The molecule has 0 aromatic heterocycles. The molecule has 0 bridgehead atoms. The molecule has 4 heteroatoms. The van der Waals surface area contributed by atoms with E-state index in [2.05, 4.69) is 23.6 Å². The topological polar surface area (TPSA) is 64.9 Å². The van der Waals surface area contributed by atoms with Gasteiger partial charge in [-0.05, 0) is 43.5 Å². The number of hydrogen-bond acceptors (Lipinski definition) is 3. The zero-order chi connectivity index (χ0) is 14.4. The molecular weight excluding hydrogens is 250 g/mol. The number of nitrogens with one attached hydrogen (secondary N) is 2. The van der Waals surface area contributed by atoms with Crippen LogP contribution in [0.1, 0.15) is 43.7 Å². The Hall–Kier alpha value is -1.86. The van der Waals surface area contributed by atoms with E-state index in [4.69, 9.17) is 5.26 Å². The Bertz CT molecular complexity index is 495. The summed E-state index contributed by atoms with van der Waals surface area (Å²) in [6, 6.07) is 9.40. The number of amides is 1. The van der Waals surface area contributed by atoms with Gasteiger partial charge in [-0.15, -0.1) is 0 Å².